The van der Waals surface area contributed by atoms with E-state index in [0.29, 0.717) is 5.82 Å². The van der Waals surface area contributed by atoms with Crippen LogP contribution in [-0.4, -0.2) is 19.6 Å². The van der Waals surface area contributed by atoms with Gasteiger partial charge in [0.1, 0.15) is 5.82 Å². The first-order chi connectivity index (χ1) is 9.22. The van der Waals surface area contributed by atoms with Gasteiger partial charge in [0.2, 0.25) is 0 Å². The lowest BCUT2D eigenvalue weighted by Gasteiger charge is -2.05. The number of aryl methyl sites for hydroxylation is 1. The molecule has 0 unspecified atom stereocenters. The summed E-state index contributed by atoms with van der Waals surface area (Å²) in [7, 11) is 0. The van der Waals surface area contributed by atoms with Crippen molar-refractivity contribution < 1.29 is 0 Å². The zero-order chi connectivity index (χ0) is 13.7. The Morgan fingerprint density at radius 1 is 1.47 bits per heavy atom. The van der Waals surface area contributed by atoms with Gasteiger partial charge in [-0.15, -0.1) is 5.10 Å². The van der Waals surface area contributed by atoms with Gasteiger partial charge in [0.15, 0.2) is 0 Å². The summed E-state index contributed by atoms with van der Waals surface area (Å²) in [6, 6.07) is 1.56. The van der Waals surface area contributed by atoms with Gasteiger partial charge in [0.05, 0.1) is 5.69 Å². The minimum Gasteiger partial charge on any atom is -0.307 e. The lowest BCUT2D eigenvalue weighted by molar-refractivity contribution is 0.857. The molecule has 1 N–H and O–H groups in total. The van der Waals surface area contributed by atoms with Gasteiger partial charge in [-0.25, -0.2) is 4.98 Å². The van der Waals surface area contributed by atoms with Crippen LogP contribution in [0.25, 0.3) is 11.6 Å². The SMILES string of the molecule is CCCc1cc(=O)[nH]c(/C(=C\c2csnn2)CC)n1. The fourth-order valence-corrected chi connectivity index (χ4v) is 2.21. The molecule has 0 radical (unpaired) electrons. The van der Waals surface area contributed by atoms with Crippen LogP contribution in [0, 0.1) is 0 Å². The third kappa shape index (κ3) is 3.57. The molecule has 0 aliphatic heterocycles. The van der Waals surface area contributed by atoms with E-state index >= 15 is 0 Å². The predicted octanol–water partition coefficient (Wildman–Crippen LogP) is 2.52. The van der Waals surface area contributed by atoms with Crippen molar-refractivity contribution in [2.75, 3.05) is 0 Å². The molecule has 0 fully saturated rings. The van der Waals surface area contributed by atoms with Crippen LogP contribution >= 0.6 is 11.5 Å². The van der Waals surface area contributed by atoms with Crippen molar-refractivity contribution in [1.29, 1.82) is 0 Å². The Morgan fingerprint density at radius 2 is 2.32 bits per heavy atom. The van der Waals surface area contributed by atoms with Gasteiger partial charge in [-0.3, -0.25) is 4.79 Å². The van der Waals surface area contributed by atoms with Gasteiger partial charge >= 0.3 is 0 Å². The molecule has 19 heavy (non-hydrogen) atoms. The summed E-state index contributed by atoms with van der Waals surface area (Å²) in [6.45, 7) is 4.10. The zero-order valence-corrected chi connectivity index (χ0v) is 11.8. The fourth-order valence-electron chi connectivity index (χ4n) is 1.80. The predicted molar refractivity (Wildman–Crippen MR) is 76.9 cm³/mol. The van der Waals surface area contributed by atoms with Crippen molar-refractivity contribution in [1.82, 2.24) is 19.6 Å². The second-order valence-corrected chi connectivity index (χ2v) is 4.80. The largest absolute Gasteiger partial charge is 0.307 e. The van der Waals surface area contributed by atoms with E-state index in [0.717, 1.165) is 36.2 Å². The van der Waals surface area contributed by atoms with Crippen LogP contribution in [0.1, 0.15) is 43.9 Å². The maximum absolute atomic E-state index is 11.7. The molecule has 100 valence electrons. The van der Waals surface area contributed by atoms with E-state index in [1.807, 2.05) is 18.4 Å². The monoisotopic (exact) mass is 276 g/mol. The average Bonchev–Trinajstić information content (AvgIpc) is 2.88. The van der Waals surface area contributed by atoms with E-state index in [2.05, 4.69) is 26.5 Å². The Hall–Kier alpha value is -1.82. The standard InChI is InChI=1S/C13H16N4OS/c1-3-5-10-7-12(18)15-13(14-10)9(4-2)6-11-8-19-17-16-11/h6-8H,3-5H2,1-2H3,(H,14,15,18)/b9-6-. The molecule has 0 aliphatic carbocycles. The van der Waals surface area contributed by atoms with Crippen molar-refractivity contribution >= 4 is 23.2 Å². The smallest absolute Gasteiger partial charge is 0.251 e. The highest BCUT2D eigenvalue weighted by atomic mass is 32.1. The summed E-state index contributed by atoms with van der Waals surface area (Å²) in [5, 5.41) is 5.85. The molecule has 5 nitrogen and oxygen atoms in total. The summed E-state index contributed by atoms with van der Waals surface area (Å²) in [5.41, 5.74) is 2.48. The lowest BCUT2D eigenvalue weighted by atomic mass is 10.1. The van der Waals surface area contributed by atoms with Crippen LogP contribution in [0.4, 0.5) is 0 Å². The molecule has 0 spiro atoms. The molecule has 0 bridgehead atoms. The summed E-state index contributed by atoms with van der Waals surface area (Å²) >= 11 is 1.30. The second kappa shape index (κ2) is 6.38. The molecular weight excluding hydrogens is 260 g/mol. The topological polar surface area (TPSA) is 71.5 Å². The van der Waals surface area contributed by atoms with E-state index in [1.54, 1.807) is 6.07 Å². The van der Waals surface area contributed by atoms with Crippen LogP contribution in [0.2, 0.25) is 0 Å². The van der Waals surface area contributed by atoms with Gasteiger partial charge in [-0.2, -0.15) is 0 Å². The summed E-state index contributed by atoms with van der Waals surface area (Å²) in [6.07, 6.45) is 4.47. The van der Waals surface area contributed by atoms with E-state index in [4.69, 9.17) is 0 Å². The molecule has 0 aromatic carbocycles. The maximum Gasteiger partial charge on any atom is 0.251 e. The molecule has 0 amide bonds. The van der Waals surface area contributed by atoms with E-state index < -0.39 is 0 Å². The minimum absolute atomic E-state index is 0.107. The highest BCUT2D eigenvalue weighted by Gasteiger charge is 2.06. The number of hydrogen-bond acceptors (Lipinski definition) is 5. The van der Waals surface area contributed by atoms with Crippen molar-refractivity contribution in [3.63, 3.8) is 0 Å². The molecular formula is C13H16N4OS. The van der Waals surface area contributed by atoms with Gasteiger partial charge in [-0.05, 0) is 36.0 Å². The Kier molecular flexibility index (Phi) is 4.57. The van der Waals surface area contributed by atoms with Crippen LogP contribution < -0.4 is 5.56 Å². The first-order valence-corrected chi connectivity index (χ1v) is 7.14. The maximum atomic E-state index is 11.7. The van der Waals surface area contributed by atoms with Gasteiger partial charge in [0.25, 0.3) is 5.56 Å². The Morgan fingerprint density at radius 3 is 2.95 bits per heavy atom. The molecule has 0 atom stereocenters. The first-order valence-electron chi connectivity index (χ1n) is 6.31. The summed E-state index contributed by atoms with van der Waals surface area (Å²) < 4.78 is 3.82. The lowest BCUT2D eigenvalue weighted by Crippen LogP contribution is -2.12. The fraction of sp³-hybridized carbons (Fsp3) is 0.385. The molecule has 6 heteroatoms. The van der Waals surface area contributed by atoms with Gasteiger partial charge < -0.3 is 4.98 Å². The number of allylic oxidation sites excluding steroid dienone is 1. The molecule has 0 aliphatic rings. The number of aromatic nitrogens is 4. The number of H-pyrrole nitrogens is 1. The second-order valence-electron chi connectivity index (χ2n) is 4.19. The molecule has 2 aromatic rings. The van der Waals surface area contributed by atoms with Crippen molar-refractivity contribution in [3.05, 3.63) is 39.0 Å². The van der Waals surface area contributed by atoms with Gasteiger partial charge in [0, 0.05) is 17.1 Å². The molecule has 0 saturated carbocycles. The highest BCUT2D eigenvalue weighted by molar-refractivity contribution is 7.03. The van der Waals surface area contributed by atoms with Crippen LogP contribution in [-0.2, 0) is 6.42 Å². The van der Waals surface area contributed by atoms with E-state index in [1.165, 1.54) is 11.5 Å². The van der Waals surface area contributed by atoms with Crippen LogP contribution in [0.5, 0.6) is 0 Å². The number of aromatic amines is 1. The van der Waals surface area contributed by atoms with Gasteiger partial charge in [-0.1, -0.05) is 24.8 Å². The van der Waals surface area contributed by atoms with Crippen LogP contribution in [0.15, 0.2) is 16.2 Å². The Labute approximate surface area is 115 Å². The van der Waals surface area contributed by atoms with Crippen molar-refractivity contribution in [2.24, 2.45) is 0 Å². The number of nitrogens with one attached hydrogen (secondary N) is 1. The molecule has 2 aromatic heterocycles. The van der Waals surface area contributed by atoms with Crippen LogP contribution in [0.3, 0.4) is 0 Å². The van der Waals surface area contributed by atoms with E-state index in [9.17, 15) is 4.79 Å². The Bertz CT molecular complexity index is 616. The first kappa shape index (κ1) is 13.6. The number of hydrogen-bond donors (Lipinski definition) is 1. The Balaban J connectivity index is 2.40. The molecule has 0 saturated heterocycles. The number of rotatable bonds is 5. The quantitative estimate of drug-likeness (QED) is 0.911. The highest BCUT2D eigenvalue weighted by Crippen LogP contribution is 2.17. The number of nitrogens with zero attached hydrogens (tertiary/aromatic N) is 3. The summed E-state index contributed by atoms with van der Waals surface area (Å²) in [4.78, 5) is 19.0. The summed E-state index contributed by atoms with van der Waals surface area (Å²) in [5.74, 6) is 0.631. The minimum atomic E-state index is -0.107. The third-order valence-electron chi connectivity index (χ3n) is 2.68. The molecule has 2 rings (SSSR count). The van der Waals surface area contributed by atoms with Crippen molar-refractivity contribution in [2.45, 2.75) is 33.1 Å². The van der Waals surface area contributed by atoms with E-state index in [-0.39, 0.29) is 5.56 Å². The normalized spacial score (nSPS) is 11.8. The zero-order valence-electron chi connectivity index (χ0n) is 11.0. The average molecular weight is 276 g/mol. The molecule has 2 heterocycles. The third-order valence-corrected chi connectivity index (χ3v) is 3.21. The van der Waals surface area contributed by atoms with Crippen molar-refractivity contribution in [3.8, 4) is 0 Å².